The maximum Gasteiger partial charge on any atom is 0.303 e. The molecule has 2 N–H and O–H groups in total. The number of rotatable bonds is 5. The van der Waals surface area contributed by atoms with E-state index in [0.29, 0.717) is 6.42 Å². The summed E-state index contributed by atoms with van der Waals surface area (Å²) in [6, 6.07) is 1.91. The topological polar surface area (TPSA) is 57.5 Å². The molecule has 0 aromatic carbocycles. The third kappa shape index (κ3) is 3.80. The van der Waals surface area contributed by atoms with Crippen molar-refractivity contribution < 1.29 is 15.0 Å². The van der Waals surface area contributed by atoms with E-state index in [1.807, 2.05) is 6.07 Å². The minimum atomic E-state index is -0.761. The zero-order valence-corrected chi connectivity index (χ0v) is 14.4. The number of aliphatic carboxylic acids is 1. The van der Waals surface area contributed by atoms with E-state index in [-0.39, 0.29) is 11.8 Å². The van der Waals surface area contributed by atoms with Gasteiger partial charge in [-0.2, -0.15) is 0 Å². The van der Waals surface area contributed by atoms with Crippen LogP contribution in [0.3, 0.4) is 0 Å². The van der Waals surface area contributed by atoms with E-state index in [1.165, 1.54) is 11.3 Å². The summed E-state index contributed by atoms with van der Waals surface area (Å²) in [6.45, 7) is 0. The van der Waals surface area contributed by atoms with E-state index in [0.717, 1.165) is 38.8 Å². The van der Waals surface area contributed by atoms with E-state index in [1.54, 1.807) is 0 Å². The molecule has 1 aromatic rings. The maximum absolute atomic E-state index is 11.0. The molecule has 0 saturated heterocycles. The Morgan fingerprint density at radius 2 is 2.05 bits per heavy atom. The molecular formula is C13H16Br2O3S. The summed E-state index contributed by atoms with van der Waals surface area (Å²) >= 11 is 8.32. The van der Waals surface area contributed by atoms with Gasteiger partial charge in [-0.15, -0.1) is 11.3 Å². The van der Waals surface area contributed by atoms with Crippen LogP contribution in [0.15, 0.2) is 14.3 Å². The third-order valence-electron chi connectivity index (χ3n) is 3.81. The van der Waals surface area contributed by atoms with Crippen LogP contribution in [-0.2, 0) is 4.79 Å². The quantitative estimate of drug-likeness (QED) is 0.736. The van der Waals surface area contributed by atoms with Gasteiger partial charge < -0.3 is 10.2 Å². The number of aliphatic hydroxyl groups is 1. The average molecular weight is 412 g/mol. The molecule has 0 aliphatic heterocycles. The largest absolute Gasteiger partial charge is 0.481 e. The Morgan fingerprint density at radius 1 is 1.42 bits per heavy atom. The smallest absolute Gasteiger partial charge is 0.303 e. The standard InChI is InChI=1S/C13H16Br2O3S/c14-8-5-10(19-12(8)15)9(16)6-13(7-11(17)18)3-1-2-4-13/h5,9,16H,1-4,6-7H2,(H,17,18). The van der Waals surface area contributed by atoms with Crippen molar-refractivity contribution >= 4 is 49.2 Å². The first-order valence-electron chi connectivity index (χ1n) is 6.26. The molecule has 2 rings (SSSR count). The van der Waals surface area contributed by atoms with Crippen molar-refractivity contribution in [2.45, 2.75) is 44.6 Å². The number of halogens is 2. The SMILES string of the molecule is O=C(O)CC1(CC(O)c2cc(Br)c(Br)s2)CCCC1. The molecule has 1 aliphatic rings. The number of carboxylic acids is 1. The summed E-state index contributed by atoms with van der Waals surface area (Å²) in [5, 5.41) is 19.4. The van der Waals surface area contributed by atoms with Crippen LogP contribution in [0.2, 0.25) is 0 Å². The van der Waals surface area contributed by atoms with Gasteiger partial charge in [0, 0.05) is 9.35 Å². The molecule has 106 valence electrons. The van der Waals surface area contributed by atoms with E-state index < -0.39 is 12.1 Å². The molecule has 1 atom stereocenters. The molecule has 19 heavy (non-hydrogen) atoms. The highest BCUT2D eigenvalue weighted by Crippen LogP contribution is 2.48. The lowest BCUT2D eigenvalue weighted by atomic mass is 9.77. The Balaban J connectivity index is 2.10. The number of thiophene rings is 1. The minimum Gasteiger partial charge on any atom is -0.481 e. The highest BCUT2D eigenvalue weighted by molar-refractivity contribution is 9.13. The Morgan fingerprint density at radius 3 is 2.53 bits per heavy atom. The average Bonchev–Trinajstić information content (AvgIpc) is 2.87. The van der Waals surface area contributed by atoms with Gasteiger partial charge in [-0.05, 0) is 62.6 Å². The first-order chi connectivity index (χ1) is 8.92. The zero-order chi connectivity index (χ0) is 14.0. The molecule has 1 saturated carbocycles. The molecule has 1 heterocycles. The Bertz CT molecular complexity index is 447. The van der Waals surface area contributed by atoms with Crippen LogP contribution in [0.1, 0.15) is 49.5 Å². The first-order valence-corrected chi connectivity index (χ1v) is 8.67. The van der Waals surface area contributed by atoms with Gasteiger partial charge in [0.1, 0.15) is 0 Å². The number of hydrogen-bond donors (Lipinski definition) is 2. The molecule has 0 radical (unpaired) electrons. The van der Waals surface area contributed by atoms with Crippen LogP contribution < -0.4 is 0 Å². The fourth-order valence-corrected chi connectivity index (χ4v) is 5.01. The van der Waals surface area contributed by atoms with E-state index in [2.05, 4.69) is 31.9 Å². The lowest BCUT2D eigenvalue weighted by molar-refractivity contribution is -0.140. The van der Waals surface area contributed by atoms with Gasteiger partial charge in [0.25, 0.3) is 0 Å². The molecule has 3 nitrogen and oxygen atoms in total. The van der Waals surface area contributed by atoms with Crippen molar-refractivity contribution in [1.82, 2.24) is 0 Å². The van der Waals surface area contributed by atoms with Crippen molar-refractivity contribution in [3.05, 3.63) is 19.2 Å². The van der Waals surface area contributed by atoms with Gasteiger partial charge in [0.15, 0.2) is 0 Å². The zero-order valence-electron chi connectivity index (χ0n) is 10.4. The molecule has 0 amide bonds. The number of hydrogen-bond acceptors (Lipinski definition) is 3. The van der Waals surface area contributed by atoms with Crippen LogP contribution in [0.5, 0.6) is 0 Å². The highest BCUT2D eigenvalue weighted by Gasteiger charge is 2.38. The fourth-order valence-electron chi connectivity index (χ4n) is 2.94. The number of carboxylic acid groups (broad SMARTS) is 1. The maximum atomic E-state index is 11.0. The summed E-state index contributed by atoms with van der Waals surface area (Å²) in [4.78, 5) is 11.9. The van der Waals surface area contributed by atoms with Crippen LogP contribution in [0.25, 0.3) is 0 Å². The van der Waals surface area contributed by atoms with Gasteiger partial charge >= 0.3 is 5.97 Å². The van der Waals surface area contributed by atoms with Crippen molar-refractivity contribution in [2.75, 3.05) is 0 Å². The van der Waals surface area contributed by atoms with Crippen molar-refractivity contribution in [3.8, 4) is 0 Å². The second-order valence-electron chi connectivity index (χ2n) is 5.27. The Kier molecular flexibility index (Phi) is 5.09. The van der Waals surface area contributed by atoms with E-state index in [9.17, 15) is 9.90 Å². The number of aliphatic hydroxyl groups excluding tert-OH is 1. The Hall–Kier alpha value is 0.0900. The van der Waals surface area contributed by atoms with Gasteiger partial charge in [0.05, 0.1) is 16.3 Å². The lowest BCUT2D eigenvalue weighted by Crippen LogP contribution is -2.23. The van der Waals surface area contributed by atoms with Crippen LogP contribution >= 0.6 is 43.2 Å². The molecular weight excluding hydrogens is 396 g/mol. The molecule has 6 heteroatoms. The summed E-state index contributed by atoms with van der Waals surface area (Å²) in [5.74, 6) is -0.761. The van der Waals surface area contributed by atoms with Crippen molar-refractivity contribution in [3.63, 3.8) is 0 Å². The van der Waals surface area contributed by atoms with Gasteiger partial charge in [-0.1, -0.05) is 12.8 Å². The molecule has 0 bridgehead atoms. The summed E-state index contributed by atoms with van der Waals surface area (Å²) in [6.07, 6.45) is 4.07. The molecule has 1 aromatic heterocycles. The highest BCUT2D eigenvalue weighted by atomic mass is 79.9. The van der Waals surface area contributed by atoms with Gasteiger partial charge in [0.2, 0.25) is 0 Å². The van der Waals surface area contributed by atoms with Crippen LogP contribution in [-0.4, -0.2) is 16.2 Å². The Labute approximate surface area is 133 Å². The molecule has 1 aliphatic carbocycles. The monoisotopic (exact) mass is 410 g/mol. The fraction of sp³-hybridized carbons (Fsp3) is 0.615. The van der Waals surface area contributed by atoms with Crippen molar-refractivity contribution in [1.29, 1.82) is 0 Å². The van der Waals surface area contributed by atoms with Gasteiger partial charge in [-0.3, -0.25) is 4.79 Å². The second kappa shape index (κ2) is 6.24. The van der Waals surface area contributed by atoms with E-state index in [4.69, 9.17) is 5.11 Å². The molecule has 0 spiro atoms. The first kappa shape index (κ1) is 15.5. The molecule has 1 unspecified atom stereocenters. The molecule has 1 fully saturated rings. The lowest BCUT2D eigenvalue weighted by Gasteiger charge is -2.29. The van der Waals surface area contributed by atoms with E-state index >= 15 is 0 Å². The third-order valence-corrected chi connectivity index (χ3v) is 7.17. The predicted molar refractivity (Wildman–Crippen MR) is 82.4 cm³/mol. The number of carbonyl (C=O) groups is 1. The summed E-state index contributed by atoms with van der Waals surface area (Å²) in [5.41, 5.74) is -0.228. The second-order valence-corrected chi connectivity index (χ2v) is 8.52. The van der Waals surface area contributed by atoms with Crippen LogP contribution in [0.4, 0.5) is 0 Å². The van der Waals surface area contributed by atoms with Gasteiger partial charge in [-0.25, -0.2) is 0 Å². The summed E-state index contributed by atoms with van der Waals surface area (Å²) in [7, 11) is 0. The normalized spacial score (nSPS) is 19.5. The minimum absolute atomic E-state index is 0.164. The van der Waals surface area contributed by atoms with Crippen LogP contribution in [0, 0.1) is 5.41 Å². The predicted octanol–water partition coefficient (Wildman–Crippen LogP) is 4.73. The summed E-state index contributed by atoms with van der Waals surface area (Å²) < 4.78 is 1.89. The van der Waals surface area contributed by atoms with Crippen molar-refractivity contribution in [2.24, 2.45) is 5.41 Å².